The Morgan fingerprint density at radius 1 is 1.25 bits per heavy atom. The number of carbonyl (C=O) groups excluding carboxylic acids is 1. The second-order valence-electron chi connectivity index (χ2n) is 5.31. The van der Waals surface area contributed by atoms with Crippen LogP contribution in [0.5, 0.6) is 0 Å². The van der Waals surface area contributed by atoms with E-state index in [-0.39, 0.29) is 30.4 Å². The van der Waals surface area contributed by atoms with Crippen LogP contribution in [0.4, 0.5) is 4.39 Å². The smallest absolute Gasteiger partial charge is 0.307 e. The molecule has 1 rings (SSSR count). The quantitative estimate of drug-likeness (QED) is 0.801. The Kier molecular flexibility index (Phi) is 5.82. The zero-order valence-electron chi connectivity index (χ0n) is 11.7. The average molecular weight is 281 g/mol. The second-order valence-corrected chi connectivity index (χ2v) is 5.31. The highest BCUT2D eigenvalue weighted by Crippen LogP contribution is 2.16. The average Bonchev–Trinajstić information content (AvgIpc) is 2.39. The van der Waals surface area contributed by atoms with Gasteiger partial charge in [0.2, 0.25) is 0 Å². The molecule has 0 amide bonds. The number of ketones is 1. The number of hydrogen-bond donors (Lipinski definition) is 2. The molecule has 0 saturated carbocycles. The molecule has 0 aliphatic rings. The second kappa shape index (κ2) is 7.14. The lowest BCUT2D eigenvalue weighted by molar-refractivity contribution is -0.144. The van der Waals surface area contributed by atoms with Crippen LogP contribution in [0.25, 0.3) is 0 Å². The van der Waals surface area contributed by atoms with Crippen LogP contribution in [0.3, 0.4) is 0 Å². The summed E-state index contributed by atoms with van der Waals surface area (Å²) in [6.07, 6.45) is 0.0816. The molecule has 20 heavy (non-hydrogen) atoms. The first-order chi connectivity index (χ1) is 9.31. The van der Waals surface area contributed by atoms with Gasteiger partial charge in [0.25, 0.3) is 0 Å². The number of halogens is 1. The number of hydrogen-bond acceptors (Lipinski definition) is 3. The molecule has 0 aromatic heterocycles. The number of carboxylic acids is 1. The van der Waals surface area contributed by atoms with Crippen LogP contribution in [0.1, 0.15) is 25.8 Å². The van der Waals surface area contributed by atoms with E-state index in [0.717, 1.165) is 0 Å². The molecular weight excluding hydrogens is 261 g/mol. The van der Waals surface area contributed by atoms with Gasteiger partial charge in [-0.05, 0) is 30.0 Å². The van der Waals surface area contributed by atoms with E-state index in [2.05, 4.69) is 0 Å². The first-order valence-corrected chi connectivity index (χ1v) is 6.56. The van der Waals surface area contributed by atoms with Crippen LogP contribution >= 0.6 is 0 Å². The van der Waals surface area contributed by atoms with Gasteiger partial charge in [0.15, 0.2) is 5.78 Å². The molecule has 1 unspecified atom stereocenters. The van der Waals surface area contributed by atoms with Gasteiger partial charge in [-0.15, -0.1) is 0 Å². The first-order valence-electron chi connectivity index (χ1n) is 6.56. The number of carbonyl (C=O) groups is 2. The molecule has 2 atom stereocenters. The molecule has 1 aromatic rings. The summed E-state index contributed by atoms with van der Waals surface area (Å²) in [5.41, 5.74) is 6.41. The fourth-order valence-corrected chi connectivity index (χ4v) is 1.90. The lowest BCUT2D eigenvalue weighted by atomic mass is 9.89. The van der Waals surface area contributed by atoms with Crippen molar-refractivity contribution < 1.29 is 19.1 Å². The number of rotatable bonds is 7. The van der Waals surface area contributed by atoms with E-state index in [4.69, 9.17) is 5.73 Å². The number of carboxylic acid groups (broad SMARTS) is 1. The van der Waals surface area contributed by atoms with Crippen molar-refractivity contribution in [3.8, 4) is 0 Å². The molecule has 0 radical (unpaired) electrons. The summed E-state index contributed by atoms with van der Waals surface area (Å²) in [7, 11) is 0. The summed E-state index contributed by atoms with van der Waals surface area (Å²) in [4.78, 5) is 23.1. The highest BCUT2D eigenvalue weighted by molar-refractivity contribution is 5.87. The van der Waals surface area contributed by atoms with Crippen LogP contribution in [0.2, 0.25) is 0 Å². The van der Waals surface area contributed by atoms with Crippen LogP contribution in [-0.2, 0) is 16.0 Å². The summed E-state index contributed by atoms with van der Waals surface area (Å²) in [6, 6.07) is 4.95. The van der Waals surface area contributed by atoms with Crippen molar-refractivity contribution in [2.24, 2.45) is 17.6 Å². The predicted octanol–water partition coefficient (Wildman–Crippen LogP) is 2.01. The Morgan fingerprint density at radius 2 is 1.80 bits per heavy atom. The van der Waals surface area contributed by atoms with Crippen molar-refractivity contribution in [3.05, 3.63) is 35.6 Å². The molecule has 0 spiro atoms. The third kappa shape index (κ3) is 4.74. The Morgan fingerprint density at radius 3 is 2.25 bits per heavy atom. The van der Waals surface area contributed by atoms with Gasteiger partial charge in [0, 0.05) is 6.42 Å². The minimum Gasteiger partial charge on any atom is -0.481 e. The van der Waals surface area contributed by atoms with E-state index in [9.17, 15) is 19.1 Å². The van der Waals surface area contributed by atoms with Gasteiger partial charge in [-0.3, -0.25) is 9.59 Å². The van der Waals surface area contributed by atoms with Crippen molar-refractivity contribution in [1.82, 2.24) is 0 Å². The molecule has 0 aliphatic carbocycles. The Bertz CT molecular complexity index is 471. The van der Waals surface area contributed by atoms with E-state index in [1.165, 1.54) is 24.3 Å². The minimum absolute atomic E-state index is 0.0252. The van der Waals surface area contributed by atoms with Crippen molar-refractivity contribution in [3.63, 3.8) is 0 Å². The minimum atomic E-state index is -1.04. The first kappa shape index (κ1) is 16.3. The zero-order chi connectivity index (χ0) is 15.3. The molecule has 5 heteroatoms. The maximum absolute atomic E-state index is 12.8. The molecule has 0 bridgehead atoms. The lowest BCUT2D eigenvalue weighted by Gasteiger charge is -2.17. The van der Waals surface area contributed by atoms with Crippen molar-refractivity contribution in [2.75, 3.05) is 0 Å². The van der Waals surface area contributed by atoms with Crippen molar-refractivity contribution >= 4 is 11.8 Å². The summed E-state index contributed by atoms with van der Waals surface area (Å²) in [6.45, 7) is 3.64. The van der Waals surface area contributed by atoms with Crippen LogP contribution in [-0.4, -0.2) is 22.9 Å². The normalized spacial score (nSPS) is 14.1. The zero-order valence-corrected chi connectivity index (χ0v) is 11.7. The number of nitrogens with two attached hydrogens (primary N) is 1. The van der Waals surface area contributed by atoms with Gasteiger partial charge < -0.3 is 10.8 Å². The van der Waals surface area contributed by atoms with Gasteiger partial charge in [0.1, 0.15) is 5.82 Å². The van der Waals surface area contributed by atoms with E-state index in [1.54, 1.807) is 0 Å². The van der Waals surface area contributed by atoms with Gasteiger partial charge in [0.05, 0.1) is 12.0 Å². The number of aliphatic carboxylic acids is 1. The predicted molar refractivity (Wildman–Crippen MR) is 73.7 cm³/mol. The highest BCUT2D eigenvalue weighted by atomic mass is 19.1. The SMILES string of the molecule is CC(C)C(N)C(=O)C[C@@H](Cc1ccc(F)cc1)C(=O)O. The standard InChI is InChI=1S/C15H20FNO3/c1-9(2)14(17)13(18)8-11(15(19)20)7-10-3-5-12(16)6-4-10/h3-6,9,11,14H,7-8,17H2,1-2H3,(H,19,20)/t11-,14?/m1/s1. The fraction of sp³-hybridized carbons (Fsp3) is 0.467. The van der Waals surface area contributed by atoms with E-state index in [0.29, 0.717) is 5.56 Å². The van der Waals surface area contributed by atoms with E-state index >= 15 is 0 Å². The van der Waals surface area contributed by atoms with Gasteiger partial charge in [-0.25, -0.2) is 4.39 Å². The summed E-state index contributed by atoms with van der Waals surface area (Å²) >= 11 is 0. The molecule has 1 aromatic carbocycles. The lowest BCUT2D eigenvalue weighted by Crippen LogP contribution is -2.37. The molecular formula is C15H20FNO3. The molecule has 0 aliphatic heterocycles. The third-order valence-corrected chi connectivity index (χ3v) is 3.28. The molecule has 3 N–H and O–H groups in total. The third-order valence-electron chi connectivity index (χ3n) is 3.28. The molecule has 110 valence electrons. The number of Topliss-reactive ketones (excluding diaryl/α,β-unsaturated/α-hetero) is 1. The van der Waals surface area contributed by atoms with E-state index < -0.39 is 17.9 Å². The molecule has 0 saturated heterocycles. The highest BCUT2D eigenvalue weighted by Gasteiger charge is 2.26. The molecule has 4 nitrogen and oxygen atoms in total. The Hall–Kier alpha value is -1.75. The van der Waals surface area contributed by atoms with Gasteiger partial charge in [-0.1, -0.05) is 26.0 Å². The van der Waals surface area contributed by atoms with Crippen LogP contribution in [0.15, 0.2) is 24.3 Å². The van der Waals surface area contributed by atoms with Gasteiger partial charge in [-0.2, -0.15) is 0 Å². The number of benzene rings is 1. The van der Waals surface area contributed by atoms with Crippen molar-refractivity contribution in [2.45, 2.75) is 32.7 Å². The fourth-order valence-electron chi connectivity index (χ4n) is 1.90. The monoisotopic (exact) mass is 281 g/mol. The van der Waals surface area contributed by atoms with Crippen LogP contribution < -0.4 is 5.73 Å². The largest absolute Gasteiger partial charge is 0.481 e. The Balaban J connectivity index is 2.72. The summed E-state index contributed by atoms with van der Waals surface area (Å²) in [5, 5.41) is 9.19. The molecule has 0 fully saturated rings. The topological polar surface area (TPSA) is 80.4 Å². The Labute approximate surface area is 117 Å². The van der Waals surface area contributed by atoms with E-state index in [1.807, 2.05) is 13.8 Å². The summed E-state index contributed by atoms with van der Waals surface area (Å²) < 4.78 is 12.8. The van der Waals surface area contributed by atoms with Crippen molar-refractivity contribution in [1.29, 1.82) is 0 Å². The summed E-state index contributed by atoms with van der Waals surface area (Å²) in [5.74, 6) is -2.53. The molecule has 0 heterocycles. The maximum Gasteiger partial charge on any atom is 0.307 e. The maximum atomic E-state index is 12.8. The van der Waals surface area contributed by atoms with Crippen LogP contribution in [0, 0.1) is 17.7 Å². The van der Waals surface area contributed by atoms with Gasteiger partial charge >= 0.3 is 5.97 Å².